The largest absolute Gasteiger partial charge is 0.339 e. The third-order valence-corrected chi connectivity index (χ3v) is 6.25. The second-order valence-electron chi connectivity index (χ2n) is 5.75. The molecule has 0 bridgehead atoms. The number of sulfonamides is 1. The third kappa shape index (κ3) is 4.02. The zero-order chi connectivity index (χ0) is 18.7. The van der Waals surface area contributed by atoms with E-state index in [1.165, 1.54) is 24.4 Å². The van der Waals surface area contributed by atoms with Crippen molar-refractivity contribution in [3.63, 3.8) is 0 Å². The van der Waals surface area contributed by atoms with Crippen LogP contribution in [-0.2, 0) is 14.8 Å². The molecule has 0 aliphatic carbocycles. The molecule has 2 aromatic rings. The number of carbonyl (C=O) groups is 2. The van der Waals surface area contributed by atoms with Crippen LogP contribution >= 0.6 is 11.3 Å². The Kier molecular flexibility index (Phi) is 5.23. The molecule has 8 nitrogen and oxygen atoms in total. The maximum absolute atomic E-state index is 12.5. The second-order valence-corrected chi connectivity index (χ2v) is 8.30. The van der Waals surface area contributed by atoms with E-state index in [9.17, 15) is 18.0 Å². The smallest absolute Gasteiger partial charge is 0.273 e. The van der Waals surface area contributed by atoms with Crippen molar-refractivity contribution < 1.29 is 18.0 Å². The van der Waals surface area contributed by atoms with Crippen molar-refractivity contribution in [2.75, 3.05) is 30.9 Å². The van der Waals surface area contributed by atoms with Gasteiger partial charge in [-0.25, -0.2) is 13.4 Å². The summed E-state index contributed by atoms with van der Waals surface area (Å²) in [5.41, 5.74) is 0.192. The molecule has 1 aliphatic rings. The molecular formula is C16H18N4O4S2. The minimum absolute atomic E-state index is 0.0108. The number of carbonyl (C=O) groups excluding carboxylic acids is 2. The summed E-state index contributed by atoms with van der Waals surface area (Å²) >= 11 is 1.06. The van der Waals surface area contributed by atoms with Crippen LogP contribution in [0, 0.1) is 0 Å². The maximum atomic E-state index is 12.5. The first-order chi connectivity index (χ1) is 12.4. The van der Waals surface area contributed by atoms with E-state index < -0.39 is 10.0 Å². The number of benzene rings is 1. The Labute approximate surface area is 155 Å². The van der Waals surface area contributed by atoms with E-state index >= 15 is 0 Å². The molecule has 1 fully saturated rings. The van der Waals surface area contributed by atoms with Crippen LogP contribution in [0.1, 0.15) is 17.4 Å². The van der Waals surface area contributed by atoms with Gasteiger partial charge in [-0.05, 0) is 12.1 Å². The quantitative estimate of drug-likeness (QED) is 0.841. The van der Waals surface area contributed by atoms with Crippen molar-refractivity contribution in [3.8, 4) is 0 Å². The molecule has 10 heteroatoms. The minimum atomic E-state index is -3.74. The standard InChI is InChI=1S/C16H18N4O4S2/c1-12(21)19-7-9-20(10-8-19)15(22)14-11-25-16(17-14)18-26(23,24)13-5-3-2-4-6-13/h2-6,11H,7-10H2,1H3,(H,17,18). The lowest BCUT2D eigenvalue weighted by atomic mass is 10.3. The summed E-state index contributed by atoms with van der Waals surface area (Å²) in [7, 11) is -3.74. The molecule has 2 heterocycles. The summed E-state index contributed by atoms with van der Waals surface area (Å²) < 4.78 is 27.0. The second kappa shape index (κ2) is 7.42. The summed E-state index contributed by atoms with van der Waals surface area (Å²) in [5, 5.41) is 1.67. The van der Waals surface area contributed by atoms with Gasteiger partial charge in [-0.1, -0.05) is 18.2 Å². The van der Waals surface area contributed by atoms with Gasteiger partial charge in [0.15, 0.2) is 5.13 Å². The summed E-state index contributed by atoms with van der Waals surface area (Å²) in [4.78, 5) is 31.4. The van der Waals surface area contributed by atoms with Gasteiger partial charge >= 0.3 is 0 Å². The Morgan fingerprint density at radius 2 is 1.69 bits per heavy atom. The number of aromatic nitrogens is 1. The summed E-state index contributed by atoms with van der Waals surface area (Å²) in [6.07, 6.45) is 0. The van der Waals surface area contributed by atoms with Crippen molar-refractivity contribution in [2.45, 2.75) is 11.8 Å². The monoisotopic (exact) mass is 394 g/mol. The first kappa shape index (κ1) is 18.3. The molecule has 2 amide bonds. The molecule has 0 radical (unpaired) electrons. The predicted molar refractivity (Wildman–Crippen MR) is 97.5 cm³/mol. The molecule has 0 spiro atoms. The topological polar surface area (TPSA) is 99.7 Å². The Balaban J connectivity index is 1.66. The molecule has 3 rings (SSSR count). The molecule has 1 aromatic carbocycles. The molecule has 0 atom stereocenters. The van der Waals surface area contributed by atoms with Crippen molar-refractivity contribution >= 4 is 38.3 Å². The summed E-state index contributed by atoms with van der Waals surface area (Å²) in [6, 6.07) is 7.95. The van der Waals surface area contributed by atoms with Gasteiger partial charge in [-0.15, -0.1) is 11.3 Å². The van der Waals surface area contributed by atoms with Crippen LogP contribution in [0.15, 0.2) is 40.6 Å². The van der Waals surface area contributed by atoms with E-state index in [0.717, 1.165) is 11.3 Å². The van der Waals surface area contributed by atoms with Gasteiger partial charge in [0, 0.05) is 38.5 Å². The summed E-state index contributed by atoms with van der Waals surface area (Å²) in [6.45, 7) is 3.34. The average Bonchev–Trinajstić information content (AvgIpc) is 3.09. The van der Waals surface area contributed by atoms with Gasteiger partial charge in [-0.3, -0.25) is 14.3 Å². The van der Waals surface area contributed by atoms with E-state index in [2.05, 4.69) is 9.71 Å². The van der Waals surface area contributed by atoms with Crippen LogP contribution in [-0.4, -0.2) is 61.2 Å². The molecule has 26 heavy (non-hydrogen) atoms. The number of piperazine rings is 1. The van der Waals surface area contributed by atoms with Crippen molar-refractivity contribution in [3.05, 3.63) is 41.4 Å². The van der Waals surface area contributed by atoms with Crippen LogP contribution in [0.5, 0.6) is 0 Å². The minimum Gasteiger partial charge on any atom is -0.339 e. The van der Waals surface area contributed by atoms with Crippen molar-refractivity contribution in [1.82, 2.24) is 14.8 Å². The van der Waals surface area contributed by atoms with E-state index in [1.54, 1.807) is 28.0 Å². The number of amides is 2. The molecule has 1 aromatic heterocycles. The fraction of sp³-hybridized carbons (Fsp3) is 0.312. The highest BCUT2D eigenvalue weighted by atomic mass is 32.2. The Hall–Kier alpha value is -2.46. The van der Waals surface area contributed by atoms with Crippen LogP contribution in [0.2, 0.25) is 0 Å². The first-order valence-corrected chi connectivity index (χ1v) is 10.3. The Morgan fingerprint density at radius 1 is 1.08 bits per heavy atom. The molecule has 1 N–H and O–H groups in total. The van der Waals surface area contributed by atoms with Crippen LogP contribution < -0.4 is 4.72 Å². The number of hydrogen-bond donors (Lipinski definition) is 1. The highest BCUT2D eigenvalue weighted by molar-refractivity contribution is 7.93. The van der Waals surface area contributed by atoms with Gasteiger partial charge in [0.25, 0.3) is 15.9 Å². The van der Waals surface area contributed by atoms with Crippen LogP contribution in [0.4, 0.5) is 5.13 Å². The summed E-state index contributed by atoms with van der Waals surface area (Å²) in [5.74, 6) is -0.280. The molecular weight excluding hydrogens is 376 g/mol. The van der Waals surface area contributed by atoms with E-state index in [4.69, 9.17) is 0 Å². The molecule has 0 unspecified atom stereocenters. The van der Waals surface area contributed by atoms with Gasteiger partial charge < -0.3 is 9.80 Å². The number of nitrogens with one attached hydrogen (secondary N) is 1. The van der Waals surface area contributed by atoms with E-state index in [0.29, 0.717) is 26.2 Å². The number of nitrogens with zero attached hydrogens (tertiary/aromatic N) is 3. The fourth-order valence-electron chi connectivity index (χ4n) is 2.58. The normalized spacial score (nSPS) is 15.0. The molecule has 1 aliphatic heterocycles. The SMILES string of the molecule is CC(=O)N1CCN(C(=O)c2csc(NS(=O)(=O)c3ccccc3)n2)CC1. The van der Waals surface area contributed by atoms with E-state index in [-0.39, 0.29) is 27.5 Å². The first-order valence-electron chi connectivity index (χ1n) is 7.95. The highest BCUT2D eigenvalue weighted by Crippen LogP contribution is 2.21. The maximum Gasteiger partial charge on any atom is 0.273 e. The average molecular weight is 394 g/mol. The van der Waals surface area contributed by atoms with E-state index in [1.807, 2.05) is 0 Å². The molecule has 0 saturated carbocycles. The van der Waals surface area contributed by atoms with Gasteiger partial charge in [0.05, 0.1) is 4.90 Å². The van der Waals surface area contributed by atoms with Crippen LogP contribution in [0.25, 0.3) is 0 Å². The Bertz CT molecular complexity index is 903. The lowest BCUT2D eigenvalue weighted by Crippen LogP contribution is -2.50. The third-order valence-electron chi connectivity index (χ3n) is 4.01. The van der Waals surface area contributed by atoms with Crippen molar-refractivity contribution in [2.24, 2.45) is 0 Å². The molecule has 1 saturated heterocycles. The highest BCUT2D eigenvalue weighted by Gasteiger charge is 2.25. The zero-order valence-corrected chi connectivity index (χ0v) is 15.7. The van der Waals surface area contributed by atoms with Crippen LogP contribution in [0.3, 0.4) is 0 Å². The fourth-order valence-corrected chi connectivity index (χ4v) is 4.54. The zero-order valence-electron chi connectivity index (χ0n) is 14.1. The van der Waals surface area contributed by atoms with Crippen molar-refractivity contribution in [1.29, 1.82) is 0 Å². The molecule has 138 valence electrons. The number of anilines is 1. The van der Waals surface area contributed by atoms with Gasteiger partial charge in [0.2, 0.25) is 5.91 Å². The lowest BCUT2D eigenvalue weighted by Gasteiger charge is -2.33. The van der Waals surface area contributed by atoms with Gasteiger partial charge in [0.1, 0.15) is 5.69 Å². The number of hydrogen-bond acceptors (Lipinski definition) is 6. The predicted octanol–water partition coefficient (Wildman–Crippen LogP) is 1.25. The number of rotatable bonds is 4. The number of thiazole rings is 1. The van der Waals surface area contributed by atoms with Gasteiger partial charge in [-0.2, -0.15) is 0 Å². The lowest BCUT2D eigenvalue weighted by molar-refractivity contribution is -0.130. The Morgan fingerprint density at radius 3 is 2.31 bits per heavy atom.